The minimum Gasteiger partial charge on any atom is -0.507 e. The first kappa shape index (κ1) is 15.2. The Balaban J connectivity index is 1.69. The zero-order chi connectivity index (χ0) is 16.4. The number of rotatable bonds is 5. The van der Waals surface area contributed by atoms with Gasteiger partial charge in [-0.15, -0.1) is 10.2 Å². The monoisotopic (exact) mass is 316 g/mol. The molecule has 1 aromatic heterocycles. The molecule has 1 saturated carbocycles. The number of carbonyl (C=O) groups is 1. The first-order valence-electron chi connectivity index (χ1n) is 7.38. The molecule has 7 heteroatoms. The van der Waals surface area contributed by atoms with E-state index < -0.39 is 12.1 Å². The highest BCUT2D eigenvalue weighted by molar-refractivity contribution is 5.96. The van der Waals surface area contributed by atoms with Gasteiger partial charge < -0.3 is 16.2 Å². The van der Waals surface area contributed by atoms with Crippen molar-refractivity contribution in [2.24, 2.45) is 11.7 Å². The fourth-order valence-electron chi connectivity index (χ4n) is 2.54. The van der Waals surface area contributed by atoms with E-state index in [4.69, 9.17) is 5.73 Å². The van der Waals surface area contributed by atoms with Crippen LogP contribution in [0.5, 0.6) is 5.75 Å². The molecular weight excluding hydrogens is 299 g/mol. The third kappa shape index (κ3) is 3.39. The smallest absolute Gasteiger partial charge is 0.252 e. The maximum absolute atomic E-state index is 12.7. The molecule has 1 amide bonds. The van der Waals surface area contributed by atoms with Gasteiger partial charge in [-0.25, -0.2) is 4.39 Å². The highest BCUT2D eigenvalue weighted by atomic mass is 19.1. The zero-order valence-corrected chi connectivity index (χ0v) is 12.4. The molecule has 1 aliphatic rings. The quantitative estimate of drug-likeness (QED) is 0.784. The Bertz CT molecular complexity index is 715. The number of halogens is 1. The molecule has 0 spiro atoms. The lowest BCUT2D eigenvalue weighted by Crippen LogP contribution is -2.30. The average Bonchev–Trinajstić information content (AvgIpc) is 2.51. The van der Waals surface area contributed by atoms with Gasteiger partial charge >= 0.3 is 0 Å². The van der Waals surface area contributed by atoms with Crippen molar-refractivity contribution in [1.82, 2.24) is 10.2 Å². The minimum atomic E-state index is -0.706. The van der Waals surface area contributed by atoms with E-state index >= 15 is 0 Å². The van der Waals surface area contributed by atoms with E-state index in [2.05, 4.69) is 15.5 Å². The number of anilines is 1. The van der Waals surface area contributed by atoms with Crippen LogP contribution in [0.4, 0.5) is 10.2 Å². The van der Waals surface area contributed by atoms with Crippen molar-refractivity contribution < 1.29 is 14.3 Å². The van der Waals surface area contributed by atoms with Gasteiger partial charge in [-0.05, 0) is 49.1 Å². The molecule has 1 heterocycles. The molecule has 0 saturated heterocycles. The van der Waals surface area contributed by atoms with Gasteiger partial charge in [0.15, 0.2) is 0 Å². The van der Waals surface area contributed by atoms with Crippen molar-refractivity contribution >= 4 is 11.7 Å². The van der Waals surface area contributed by atoms with Crippen LogP contribution in [-0.2, 0) is 0 Å². The van der Waals surface area contributed by atoms with Crippen LogP contribution < -0.4 is 11.1 Å². The van der Waals surface area contributed by atoms with Crippen molar-refractivity contribution in [2.45, 2.75) is 19.0 Å². The normalized spacial score (nSPS) is 19.9. The second-order valence-electron chi connectivity index (χ2n) is 5.72. The number of amides is 1. The lowest BCUT2D eigenvalue weighted by Gasteiger charge is -2.29. The van der Waals surface area contributed by atoms with Crippen LogP contribution in [0.2, 0.25) is 0 Å². The van der Waals surface area contributed by atoms with Crippen LogP contribution in [0.3, 0.4) is 0 Å². The Kier molecular flexibility index (Phi) is 4.10. The van der Waals surface area contributed by atoms with E-state index in [-0.39, 0.29) is 11.3 Å². The first-order chi connectivity index (χ1) is 11.0. The second kappa shape index (κ2) is 6.20. The molecule has 2 aromatic rings. The summed E-state index contributed by atoms with van der Waals surface area (Å²) >= 11 is 0. The van der Waals surface area contributed by atoms with Crippen molar-refractivity contribution in [1.29, 1.82) is 0 Å². The largest absolute Gasteiger partial charge is 0.507 e. The van der Waals surface area contributed by atoms with Gasteiger partial charge in [-0.2, -0.15) is 0 Å². The molecule has 6 nitrogen and oxygen atoms in total. The molecule has 23 heavy (non-hydrogen) atoms. The number of nitrogens with zero attached hydrogens (tertiary/aromatic N) is 2. The summed E-state index contributed by atoms with van der Waals surface area (Å²) in [5, 5.41) is 20.9. The number of carbonyl (C=O) groups excluding carboxylic acids is 1. The van der Waals surface area contributed by atoms with Gasteiger partial charge in [-0.3, -0.25) is 4.79 Å². The molecular formula is C16H17FN4O2. The van der Waals surface area contributed by atoms with Gasteiger partial charge in [0, 0.05) is 12.1 Å². The van der Waals surface area contributed by atoms with E-state index in [9.17, 15) is 14.3 Å². The van der Waals surface area contributed by atoms with Gasteiger partial charge in [0.2, 0.25) is 0 Å². The van der Waals surface area contributed by atoms with Crippen molar-refractivity contribution in [3.05, 3.63) is 35.9 Å². The summed E-state index contributed by atoms with van der Waals surface area (Å²) in [6, 6.07) is 8.03. The Morgan fingerprint density at radius 2 is 2.09 bits per heavy atom. The predicted octanol–water partition coefficient (Wildman–Crippen LogP) is 2.11. The van der Waals surface area contributed by atoms with E-state index in [0.29, 0.717) is 42.4 Å². The number of hydrogen-bond acceptors (Lipinski definition) is 5. The molecule has 0 radical (unpaired) electrons. The van der Waals surface area contributed by atoms with Crippen LogP contribution >= 0.6 is 0 Å². The maximum atomic E-state index is 12.7. The van der Waals surface area contributed by atoms with Crippen LogP contribution in [0.15, 0.2) is 30.3 Å². The minimum absolute atomic E-state index is 0.0391. The van der Waals surface area contributed by atoms with Crippen molar-refractivity contribution in [2.75, 3.05) is 11.9 Å². The summed E-state index contributed by atoms with van der Waals surface area (Å²) in [6.07, 6.45) is 0.535. The molecule has 0 bridgehead atoms. The third-order valence-electron chi connectivity index (χ3n) is 3.97. The Morgan fingerprint density at radius 3 is 2.70 bits per heavy atom. The summed E-state index contributed by atoms with van der Waals surface area (Å²) in [5.41, 5.74) is 6.44. The summed E-state index contributed by atoms with van der Waals surface area (Å²) in [7, 11) is 0. The number of aromatic nitrogens is 2. The average molecular weight is 316 g/mol. The molecule has 0 aliphatic heterocycles. The van der Waals surface area contributed by atoms with E-state index in [1.807, 2.05) is 0 Å². The third-order valence-corrected chi connectivity index (χ3v) is 3.97. The lowest BCUT2D eigenvalue weighted by atomic mass is 9.83. The van der Waals surface area contributed by atoms with E-state index in [0.717, 1.165) is 0 Å². The lowest BCUT2D eigenvalue weighted by molar-refractivity contribution is 0.0998. The second-order valence-corrected chi connectivity index (χ2v) is 5.72. The maximum Gasteiger partial charge on any atom is 0.252 e. The van der Waals surface area contributed by atoms with Gasteiger partial charge in [-0.1, -0.05) is 0 Å². The fraction of sp³-hybridized carbons (Fsp3) is 0.312. The van der Waals surface area contributed by atoms with Gasteiger partial charge in [0.05, 0.1) is 11.3 Å². The summed E-state index contributed by atoms with van der Waals surface area (Å²) in [6.45, 7) is 0.680. The molecule has 120 valence electrons. The number of primary amides is 1. The molecule has 0 atom stereocenters. The molecule has 1 aromatic carbocycles. The Morgan fingerprint density at radius 1 is 1.30 bits per heavy atom. The molecule has 3 rings (SSSR count). The van der Waals surface area contributed by atoms with Crippen LogP contribution in [0.1, 0.15) is 23.2 Å². The number of hydrogen-bond donors (Lipinski definition) is 3. The van der Waals surface area contributed by atoms with Gasteiger partial charge in [0.25, 0.3) is 5.91 Å². The zero-order valence-electron chi connectivity index (χ0n) is 12.4. The molecule has 0 unspecified atom stereocenters. The predicted molar refractivity (Wildman–Crippen MR) is 83.8 cm³/mol. The molecule has 1 aliphatic carbocycles. The molecule has 4 N–H and O–H groups in total. The number of nitrogens with two attached hydrogens (primary N) is 1. The number of alkyl halides is 1. The number of phenols is 1. The standard InChI is InChI=1S/C16H17FN4O2/c17-11-5-9(6-11)8-19-15-4-2-13(20-21-15)10-1-3-14(22)12(7-10)16(18)23/h1-4,7,9,11,22H,5-6,8H2,(H2,18,23)(H,19,21). The van der Waals surface area contributed by atoms with Crippen LogP contribution in [0, 0.1) is 5.92 Å². The SMILES string of the molecule is NC(=O)c1cc(-c2ccc(NCC3CC(F)C3)nn2)ccc1O. The van der Waals surface area contributed by atoms with E-state index in [1.165, 1.54) is 12.1 Å². The number of aromatic hydroxyl groups is 1. The van der Waals surface area contributed by atoms with Crippen molar-refractivity contribution in [3.63, 3.8) is 0 Å². The Labute approximate surface area is 132 Å². The number of benzene rings is 1. The van der Waals surface area contributed by atoms with E-state index in [1.54, 1.807) is 18.2 Å². The Hall–Kier alpha value is -2.70. The molecule has 1 fully saturated rings. The summed E-state index contributed by atoms with van der Waals surface area (Å²) in [5.74, 6) is 0.0908. The summed E-state index contributed by atoms with van der Waals surface area (Å²) < 4.78 is 12.7. The van der Waals surface area contributed by atoms with Crippen LogP contribution in [-0.4, -0.2) is 33.9 Å². The van der Waals surface area contributed by atoms with Gasteiger partial charge in [0.1, 0.15) is 17.7 Å². The number of nitrogens with one attached hydrogen (secondary N) is 1. The van der Waals surface area contributed by atoms with Crippen molar-refractivity contribution in [3.8, 4) is 17.0 Å². The highest BCUT2D eigenvalue weighted by Crippen LogP contribution is 2.30. The first-order valence-corrected chi connectivity index (χ1v) is 7.38. The highest BCUT2D eigenvalue weighted by Gasteiger charge is 2.28. The fourth-order valence-corrected chi connectivity index (χ4v) is 2.54. The topological polar surface area (TPSA) is 101 Å². The van der Waals surface area contributed by atoms with Crippen LogP contribution in [0.25, 0.3) is 11.3 Å². The summed E-state index contributed by atoms with van der Waals surface area (Å²) in [4.78, 5) is 11.3.